The molecular formula is C32H35FN2O2. The van der Waals surface area contributed by atoms with Gasteiger partial charge >= 0.3 is 0 Å². The molecule has 2 fully saturated rings. The molecule has 1 saturated carbocycles. The minimum Gasteiger partial charge on any atom is -0.342 e. The first-order valence-electron chi connectivity index (χ1n) is 13.6. The van der Waals surface area contributed by atoms with Crippen molar-refractivity contribution in [3.63, 3.8) is 0 Å². The second-order valence-corrected chi connectivity index (χ2v) is 12.8. The van der Waals surface area contributed by atoms with Crippen LogP contribution in [0.1, 0.15) is 76.3 Å². The van der Waals surface area contributed by atoms with Crippen LogP contribution in [0.2, 0.25) is 0 Å². The Morgan fingerprint density at radius 3 is 2.14 bits per heavy atom. The van der Waals surface area contributed by atoms with Crippen LogP contribution in [0.5, 0.6) is 0 Å². The van der Waals surface area contributed by atoms with Gasteiger partial charge in [0.05, 0.1) is 29.8 Å². The standard InChI is InChI=1S/C32H35FN2O2/c1-29(2)24-10-6-7-11-25(24)30(3,4)28-27(29)36-32(37-28)16-8-9-21-17-26-20(18-31(21,32)5)19-34-35(26)23-14-12-22(33)13-15-23/h6-7,10-15,17,19,27-28H,8-9,16,18H2,1-5H3. The lowest BCUT2D eigenvalue weighted by molar-refractivity contribution is -0.253. The summed E-state index contributed by atoms with van der Waals surface area (Å²) in [6.07, 6.45) is 7.94. The maximum Gasteiger partial charge on any atom is 0.178 e. The van der Waals surface area contributed by atoms with Crippen molar-refractivity contribution in [2.45, 2.75) is 89.1 Å². The predicted octanol–water partition coefficient (Wildman–Crippen LogP) is 6.89. The summed E-state index contributed by atoms with van der Waals surface area (Å²) in [5.74, 6) is -0.923. The van der Waals surface area contributed by atoms with Gasteiger partial charge in [0.1, 0.15) is 5.82 Å². The maximum atomic E-state index is 13.6. The predicted molar refractivity (Wildman–Crippen MR) is 142 cm³/mol. The summed E-state index contributed by atoms with van der Waals surface area (Å²) >= 11 is 0. The second-order valence-electron chi connectivity index (χ2n) is 12.8. The van der Waals surface area contributed by atoms with Crippen molar-refractivity contribution < 1.29 is 13.9 Å². The van der Waals surface area contributed by atoms with Crippen LogP contribution in [-0.4, -0.2) is 27.8 Å². The molecule has 3 unspecified atom stereocenters. The van der Waals surface area contributed by atoms with Gasteiger partial charge in [0, 0.05) is 22.7 Å². The van der Waals surface area contributed by atoms with Gasteiger partial charge in [-0.25, -0.2) is 9.07 Å². The Morgan fingerprint density at radius 1 is 0.892 bits per heavy atom. The normalized spacial score (nSPS) is 32.8. The van der Waals surface area contributed by atoms with Gasteiger partial charge in [0.2, 0.25) is 0 Å². The lowest BCUT2D eigenvalue weighted by Gasteiger charge is -2.51. The van der Waals surface area contributed by atoms with E-state index >= 15 is 0 Å². The van der Waals surface area contributed by atoms with Crippen LogP contribution in [-0.2, 0) is 26.7 Å². The van der Waals surface area contributed by atoms with Crippen LogP contribution in [0.25, 0.3) is 11.8 Å². The van der Waals surface area contributed by atoms with Gasteiger partial charge in [-0.15, -0.1) is 0 Å². The summed E-state index contributed by atoms with van der Waals surface area (Å²) < 4.78 is 30.0. The molecule has 1 spiro atoms. The zero-order valence-corrected chi connectivity index (χ0v) is 22.3. The highest BCUT2D eigenvalue weighted by atomic mass is 19.1. The summed E-state index contributed by atoms with van der Waals surface area (Å²) in [6, 6.07) is 15.4. The third-order valence-electron chi connectivity index (χ3n) is 9.96. The van der Waals surface area contributed by atoms with Crippen LogP contribution >= 0.6 is 0 Å². The van der Waals surface area contributed by atoms with E-state index in [1.165, 1.54) is 34.4 Å². The molecule has 4 nitrogen and oxygen atoms in total. The second kappa shape index (κ2) is 7.42. The third kappa shape index (κ3) is 2.99. The summed E-state index contributed by atoms with van der Waals surface area (Å²) in [4.78, 5) is 0. The zero-order chi connectivity index (χ0) is 25.8. The number of fused-ring (bicyclic) bond motifs is 5. The number of benzene rings is 2. The topological polar surface area (TPSA) is 36.3 Å². The molecule has 1 aliphatic heterocycles. The van der Waals surface area contributed by atoms with Crippen molar-refractivity contribution in [2.75, 3.05) is 0 Å². The molecule has 37 heavy (non-hydrogen) atoms. The number of rotatable bonds is 1. The fraction of sp³-hybridized carbons (Fsp3) is 0.469. The maximum absolute atomic E-state index is 13.6. The number of hydrogen-bond donors (Lipinski definition) is 0. The number of hydrogen-bond acceptors (Lipinski definition) is 3. The summed E-state index contributed by atoms with van der Waals surface area (Å²) in [6.45, 7) is 11.6. The van der Waals surface area contributed by atoms with E-state index in [-0.39, 0.29) is 34.3 Å². The van der Waals surface area contributed by atoms with E-state index in [2.05, 4.69) is 65.0 Å². The molecule has 2 heterocycles. The van der Waals surface area contributed by atoms with Crippen LogP contribution in [0.3, 0.4) is 0 Å². The highest BCUT2D eigenvalue weighted by Crippen LogP contribution is 2.63. The average molecular weight is 499 g/mol. The summed E-state index contributed by atoms with van der Waals surface area (Å²) in [5.41, 5.74) is 6.62. The Labute approximate surface area is 218 Å². The van der Waals surface area contributed by atoms with E-state index in [1.54, 1.807) is 12.1 Å². The quantitative estimate of drug-likeness (QED) is 0.367. The van der Waals surface area contributed by atoms with Crippen molar-refractivity contribution in [1.82, 2.24) is 9.78 Å². The fourth-order valence-corrected chi connectivity index (χ4v) is 7.71. The van der Waals surface area contributed by atoms with Crippen LogP contribution in [0, 0.1) is 11.2 Å². The molecular weight excluding hydrogens is 463 g/mol. The van der Waals surface area contributed by atoms with Crippen molar-refractivity contribution in [2.24, 2.45) is 5.41 Å². The monoisotopic (exact) mass is 498 g/mol. The highest BCUT2D eigenvalue weighted by Gasteiger charge is 2.67. The van der Waals surface area contributed by atoms with Gasteiger partial charge in [0.25, 0.3) is 0 Å². The lowest BCUT2D eigenvalue weighted by Crippen LogP contribution is -2.54. The Balaban J connectivity index is 1.31. The third-order valence-corrected chi connectivity index (χ3v) is 9.96. The van der Waals surface area contributed by atoms with E-state index in [1.807, 2.05) is 10.9 Å². The first-order chi connectivity index (χ1) is 17.6. The van der Waals surface area contributed by atoms with Crippen molar-refractivity contribution >= 4 is 6.08 Å². The minimum atomic E-state index is -0.682. The molecule has 0 N–H and O–H groups in total. The fourth-order valence-electron chi connectivity index (χ4n) is 7.71. The Morgan fingerprint density at radius 2 is 1.51 bits per heavy atom. The Kier molecular flexibility index (Phi) is 4.69. The van der Waals surface area contributed by atoms with Crippen molar-refractivity contribution in [1.29, 1.82) is 0 Å². The van der Waals surface area contributed by atoms with Crippen LogP contribution in [0.15, 0.2) is 60.3 Å². The van der Waals surface area contributed by atoms with E-state index in [4.69, 9.17) is 14.6 Å². The van der Waals surface area contributed by atoms with Crippen molar-refractivity contribution in [3.05, 3.63) is 88.5 Å². The number of ether oxygens (including phenoxy) is 2. The van der Waals surface area contributed by atoms with Crippen LogP contribution in [0.4, 0.5) is 4.39 Å². The molecule has 0 bridgehead atoms. The average Bonchev–Trinajstić information content (AvgIpc) is 3.47. The van der Waals surface area contributed by atoms with Gasteiger partial charge in [-0.3, -0.25) is 0 Å². The van der Waals surface area contributed by atoms with E-state index in [0.717, 1.165) is 37.1 Å². The molecule has 192 valence electrons. The highest BCUT2D eigenvalue weighted by molar-refractivity contribution is 5.62. The molecule has 3 aliphatic carbocycles. The van der Waals surface area contributed by atoms with E-state index < -0.39 is 5.79 Å². The largest absolute Gasteiger partial charge is 0.342 e. The van der Waals surface area contributed by atoms with Crippen LogP contribution < -0.4 is 0 Å². The molecule has 1 saturated heterocycles. The molecule has 5 heteroatoms. The van der Waals surface area contributed by atoms with Crippen molar-refractivity contribution in [3.8, 4) is 5.69 Å². The molecule has 0 amide bonds. The Hall–Kier alpha value is -2.76. The van der Waals surface area contributed by atoms with Gasteiger partial charge in [-0.05, 0) is 66.3 Å². The molecule has 0 radical (unpaired) electrons. The van der Waals surface area contributed by atoms with E-state index in [0.29, 0.717) is 0 Å². The number of halogens is 1. The SMILES string of the molecule is CC1(C)c2ccccc2C(C)(C)C2OC3(CCCC4=Cc5c(cnn5-c5ccc(F)cc5)CC43C)OC21. The first kappa shape index (κ1) is 23.4. The lowest BCUT2D eigenvalue weighted by atomic mass is 9.60. The zero-order valence-electron chi connectivity index (χ0n) is 22.3. The number of nitrogens with zero attached hydrogens (tertiary/aromatic N) is 2. The smallest absolute Gasteiger partial charge is 0.178 e. The molecule has 3 aromatic rings. The molecule has 7 rings (SSSR count). The van der Waals surface area contributed by atoms with Gasteiger partial charge in [-0.1, -0.05) is 64.5 Å². The van der Waals surface area contributed by atoms with E-state index in [9.17, 15) is 4.39 Å². The van der Waals surface area contributed by atoms with Gasteiger partial charge in [-0.2, -0.15) is 5.10 Å². The summed E-state index contributed by atoms with van der Waals surface area (Å²) in [7, 11) is 0. The van der Waals surface area contributed by atoms with Gasteiger partial charge < -0.3 is 9.47 Å². The molecule has 4 aliphatic rings. The molecule has 2 aromatic carbocycles. The Bertz CT molecular complexity index is 1390. The summed E-state index contributed by atoms with van der Waals surface area (Å²) in [5, 5.41) is 4.72. The molecule has 3 atom stereocenters. The first-order valence-corrected chi connectivity index (χ1v) is 13.6. The number of aromatic nitrogens is 2. The minimum absolute atomic E-state index is 0.0306. The molecule has 1 aromatic heterocycles. The van der Waals surface area contributed by atoms with Gasteiger partial charge in [0.15, 0.2) is 5.79 Å².